The molecule has 29 heavy (non-hydrogen) atoms. The van der Waals surface area contributed by atoms with Gasteiger partial charge in [0.05, 0.1) is 12.7 Å². The molecule has 4 nitrogen and oxygen atoms in total. The average molecular weight is 462 g/mol. The zero-order valence-electron chi connectivity index (χ0n) is 17.6. The number of benzene rings is 2. The summed E-state index contributed by atoms with van der Waals surface area (Å²) in [5.74, 6) is 1.32. The number of hydrogen-bond acceptors (Lipinski definition) is 4. The predicted molar refractivity (Wildman–Crippen MR) is 121 cm³/mol. The summed E-state index contributed by atoms with van der Waals surface area (Å²) in [5.41, 5.74) is 2.37. The normalized spacial score (nSPS) is 22.2. The summed E-state index contributed by atoms with van der Waals surface area (Å²) >= 11 is 3.49. The standard InChI is InChI=1S/C24H32BrNO3/c1-4-17(2)22-7-5-6-8-23(22)29-16-21(27)15-26-13-14-28-24(18(26)3)19-9-11-20(25)12-10-19/h5-12,17-18,21,24,27H,4,13-16H2,1-3H3. The molecule has 0 bridgehead atoms. The number of nitrogens with zero attached hydrogens (tertiary/aromatic N) is 1. The van der Waals surface area contributed by atoms with E-state index in [0.29, 0.717) is 25.7 Å². The van der Waals surface area contributed by atoms with Crippen LogP contribution in [0.25, 0.3) is 0 Å². The number of aliphatic hydroxyl groups excluding tert-OH is 1. The Morgan fingerprint density at radius 3 is 2.66 bits per heavy atom. The molecule has 0 saturated carbocycles. The van der Waals surface area contributed by atoms with Crippen LogP contribution in [-0.4, -0.2) is 48.5 Å². The van der Waals surface area contributed by atoms with E-state index < -0.39 is 6.10 Å². The van der Waals surface area contributed by atoms with Crippen molar-refractivity contribution in [1.82, 2.24) is 4.90 Å². The topological polar surface area (TPSA) is 41.9 Å². The zero-order valence-corrected chi connectivity index (χ0v) is 19.1. The highest BCUT2D eigenvalue weighted by molar-refractivity contribution is 9.10. The highest BCUT2D eigenvalue weighted by Crippen LogP contribution is 2.30. The molecule has 1 fully saturated rings. The lowest BCUT2D eigenvalue weighted by molar-refractivity contribution is -0.0805. The van der Waals surface area contributed by atoms with E-state index in [4.69, 9.17) is 9.47 Å². The lowest BCUT2D eigenvalue weighted by Crippen LogP contribution is -2.49. The number of rotatable bonds is 8. The molecule has 0 amide bonds. The van der Waals surface area contributed by atoms with Gasteiger partial charge in [0.1, 0.15) is 18.5 Å². The first kappa shape index (κ1) is 22.3. The van der Waals surface area contributed by atoms with Gasteiger partial charge in [0, 0.05) is 23.6 Å². The quantitative estimate of drug-likeness (QED) is 0.588. The number of morpholine rings is 1. The first-order valence-electron chi connectivity index (χ1n) is 10.5. The second kappa shape index (κ2) is 10.6. The molecule has 4 unspecified atom stereocenters. The summed E-state index contributed by atoms with van der Waals surface area (Å²) in [6, 6.07) is 16.6. The van der Waals surface area contributed by atoms with E-state index in [2.05, 4.69) is 59.8 Å². The zero-order chi connectivity index (χ0) is 20.8. The summed E-state index contributed by atoms with van der Waals surface area (Å²) in [7, 11) is 0. The van der Waals surface area contributed by atoms with Crippen molar-refractivity contribution in [2.24, 2.45) is 0 Å². The van der Waals surface area contributed by atoms with Gasteiger partial charge < -0.3 is 14.6 Å². The fourth-order valence-corrected chi connectivity index (χ4v) is 4.13. The predicted octanol–water partition coefficient (Wildman–Crippen LogP) is 5.16. The van der Waals surface area contributed by atoms with Crippen molar-refractivity contribution in [1.29, 1.82) is 0 Å². The van der Waals surface area contributed by atoms with Gasteiger partial charge >= 0.3 is 0 Å². The van der Waals surface area contributed by atoms with Crippen molar-refractivity contribution in [3.8, 4) is 5.75 Å². The molecule has 158 valence electrons. The Morgan fingerprint density at radius 1 is 1.21 bits per heavy atom. The molecule has 1 heterocycles. The van der Waals surface area contributed by atoms with Crippen LogP contribution in [-0.2, 0) is 4.74 Å². The third kappa shape index (κ3) is 5.82. The highest BCUT2D eigenvalue weighted by Gasteiger charge is 2.31. The largest absolute Gasteiger partial charge is 0.491 e. The maximum atomic E-state index is 10.6. The molecule has 2 aromatic carbocycles. The van der Waals surface area contributed by atoms with E-state index in [9.17, 15) is 5.11 Å². The van der Waals surface area contributed by atoms with Crippen molar-refractivity contribution in [3.05, 3.63) is 64.1 Å². The minimum Gasteiger partial charge on any atom is -0.491 e. The van der Waals surface area contributed by atoms with Crippen molar-refractivity contribution < 1.29 is 14.6 Å². The van der Waals surface area contributed by atoms with Crippen LogP contribution in [0.2, 0.25) is 0 Å². The first-order valence-corrected chi connectivity index (χ1v) is 11.3. The van der Waals surface area contributed by atoms with E-state index in [0.717, 1.165) is 23.2 Å². The fraction of sp³-hybridized carbons (Fsp3) is 0.500. The molecule has 3 rings (SSSR count). The Bertz CT molecular complexity index is 767. The SMILES string of the molecule is CCC(C)c1ccccc1OCC(O)CN1CCOC(c2ccc(Br)cc2)C1C. The van der Waals surface area contributed by atoms with Crippen LogP contribution in [0, 0.1) is 0 Å². The second-order valence-electron chi connectivity index (χ2n) is 7.89. The van der Waals surface area contributed by atoms with Crippen LogP contribution in [0.1, 0.15) is 50.3 Å². The van der Waals surface area contributed by atoms with Gasteiger partial charge in [-0.1, -0.05) is 60.1 Å². The third-order valence-corrected chi connectivity index (χ3v) is 6.36. The van der Waals surface area contributed by atoms with Gasteiger partial charge in [0.25, 0.3) is 0 Å². The van der Waals surface area contributed by atoms with Crippen LogP contribution in [0.15, 0.2) is 53.0 Å². The van der Waals surface area contributed by atoms with Crippen molar-refractivity contribution in [2.45, 2.75) is 51.4 Å². The summed E-state index contributed by atoms with van der Waals surface area (Å²) < 4.78 is 13.1. The number of hydrogen-bond donors (Lipinski definition) is 1. The molecule has 1 saturated heterocycles. The molecule has 0 radical (unpaired) electrons. The maximum absolute atomic E-state index is 10.6. The minimum atomic E-state index is -0.550. The van der Waals surface area contributed by atoms with Crippen molar-refractivity contribution in [2.75, 3.05) is 26.3 Å². The molecule has 0 spiro atoms. The van der Waals surface area contributed by atoms with Gasteiger partial charge in [-0.05, 0) is 48.6 Å². The van der Waals surface area contributed by atoms with E-state index in [-0.39, 0.29) is 12.1 Å². The summed E-state index contributed by atoms with van der Waals surface area (Å²) in [6.45, 7) is 8.89. The van der Waals surface area contributed by atoms with Crippen LogP contribution in [0.3, 0.4) is 0 Å². The Labute approximate surface area is 183 Å². The first-order chi connectivity index (χ1) is 14.0. The Kier molecular flexibility index (Phi) is 8.13. The Balaban J connectivity index is 1.58. The molecular weight excluding hydrogens is 430 g/mol. The molecule has 2 aromatic rings. The number of halogens is 1. The van der Waals surface area contributed by atoms with Crippen molar-refractivity contribution >= 4 is 15.9 Å². The molecule has 1 aliphatic heterocycles. The third-order valence-electron chi connectivity index (χ3n) is 5.83. The molecule has 0 aromatic heterocycles. The fourth-order valence-electron chi connectivity index (χ4n) is 3.86. The smallest absolute Gasteiger partial charge is 0.122 e. The summed E-state index contributed by atoms with van der Waals surface area (Å²) in [5, 5.41) is 10.6. The molecule has 0 aliphatic carbocycles. The van der Waals surface area contributed by atoms with Gasteiger partial charge in [0.15, 0.2) is 0 Å². The van der Waals surface area contributed by atoms with Gasteiger partial charge in [-0.3, -0.25) is 4.90 Å². The van der Waals surface area contributed by atoms with Crippen molar-refractivity contribution in [3.63, 3.8) is 0 Å². The summed E-state index contributed by atoms with van der Waals surface area (Å²) in [4.78, 5) is 2.30. The lowest BCUT2D eigenvalue weighted by atomic mass is 9.98. The lowest BCUT2D eigenvalue weighted by Gasteiger charge is -2.40. The van der Waals surface area contributed by atoms with E-state index in [1.165, 1.54) is 11.1 Å². The number of β-amino-alcohol motifs (C(OH)–C–C–N with tert-alkyl or cyclic N) is 1. The molecular formula is C24H32BrNO3. The monoisotopic (exact) mass is 461 g/mol. The highest BCUT2D eigenvalue weighted by atomic mass is 79.9. The average Bonchev–Trinajstić information content (AvgIpc) is 2.74. The second-order valence-corrected chi connectivity index (χ2v) is 8.81. The van der Waals surface area contributed by atoms with Crippen LogP contribution in [0.4, 0.5) is 0 Å². The molecule has 5 heteroatoms. The van der Waals surface area contributed by atoms with Crippen LogP contribution >= 0.6 is 15.9 Å². The van der Waals surface area contributed by atoms with Gasteiger partial charge in [-0.25, -0.2) is 0 Å². The van der Waals surface area contributed by atoms with E-state index >= 15 is 0 Å². The molecule has 1 aliphatic rings. The minimum absolute atomic E-state index is 0.0103. The Morgan fingerprint density at radius 2 is 1.93 bits per heavy atom. The van der Waals surface area contributed by atoms with E-state index in [1.54, 1.807) is 0 Å². The molecule has 4 atom stereocenters. The number of ether oxygens (including phenoxy) is 2. The summed E-state index contributed by atoms with van der Waals surface area (Å²) in [6.07, 6.45) is 0.522. The molecule has 1 N–H and O–H groups in total. The van der Waals surface area contributed by atoms with Crippen LogP contribution in [0.5, 0.6) is 5.75 Å². The van der Waals surface area contributed by atoms with E-state index in [1.807, 2.05) is 30.3 Å². The van der Waals surface area contributed by atoms with Gasteiger partial charge in [0.2, 0.25) is 0 Å². The number of aliphatic hydroxyl groups is 1. The van der Waals surface area contributed by atoms with Crippen LogP contribution < -0.4 is 4.74 Å². The number of para-hydroxylation sites is 1. The Hall–Kier alpha value is -1.40. The maximum Gasteiger partial charge on any atom is 0.122 e. The van der Waals surface area contributed by atoms with Gasteiger partial charge in [-0.15, -0.1) is 0 Å². The van der Waals surface area contributed by atoms with Gasteiger partial charge in [-0.2, -0.15) is 0 Å².